The molecule has 0 aromatic heterocycles. The Kier molecular flexibility index (Phi) is 2.24. The van der Waals surface area contributed by atoms with Gasteiger partial charge in [0.05, 0.1) is 16.3 Å². The lowest BCUT2D eigenvalue weighted by molar-refractivity contribution is 0.101. The molecule has 12 heavy (non-hydrogen) atoms. The van der Waals surface area contributed by atoms with Crippen LogP contribution in [0.25, 0.3) is 0 Å². The van der Waals surface area contributed by atoms with Crippen molar-refractivity contribution >= 4 is 23.1 Å². The van der Waals surface area contributed by atoms with E-state index in [0.29, 0.717) is 0 Å². The van der Waals surface area contributed by atoms with Crippen LogP contribution < -0.4 is 5.73 Å². The van der Waals surface area contributed by atoms with E-state index in [1.165, 1.54) is 19.1 Å². The maximum absolute atomic E-state index is 10.9. The van der Waals surface area contributed by atoms with Crippen molar-refractivity contribution in [2.24, 2.45) is 0 Å². The number of rotatable bonds is 1. The largest absolute Gasteiger partial charge is 0.505 e. The van der Waals surface area contributed by atoms with Crippen LogP contribution in [0, 0.1) is 0 Å². The Labute approximate surface area is 74.8 Å². The van der Waals surface area contributed by atoms with Gasteiger partial charge in [-0.3, -0.25) is 4.79 Å². The van der Waals surface area contributed by atoms with Crippen LogP contribution in [0.3, 0.4) is 0 Å². The summed E-state index contributed by atoms with van der Waals surface area (Å²) >= 11 is 5.66. The molecule has 0 amide bonds. The molecule has 1 rings (SSSR count). The number of halogens is 1. The van der Waals surface area contributed by atoms with E-state index < -0.39 is 0 Å². The van der Waals surface area contributed by atoms with E-state index in [4.69, 9.17) is 17.3 Å². The third-order valence-corrected chi connectivity index (χ3v) is 1.83. The lowest BCUT2D eigenvalue weighted by Crippen LogP contribution is -1.97. The minimum Gasteiger partial charge on any atom is -0.505 e. The molecular formula is C8H8ClNO2. The summed E-state index contributed by atoms with van der Waals surface area (Å²) in [6.07, 6.45) is 0. The second-order valence-electron chi connectivity index (χ2n) is 2.42. The number of nitrogens with two attached hydrogens (primary N) is 1. The smallest absolute Gasteiger partial charge is 0.165 e. The monoisotopic (exact) mass is 185 g/mol. The van der Waals surface area contributed by atoms with Gasteiger partial charge >= 0.3 is 0 Å². The molecule has 0 aliphatic rings. The maximum Gasteiger partial charge on any atom is 0.165 e. The summed E-state index contributed by atoms with van der Waals surface area (Å²) in [5, 5.41) is 9.54. The van der Waals surface area contributed by atoms with Gasteiger partial charge in [0.15, 0.2) is 11.5 Å². The molecule has 1 aromatic rings. The fraction of sp³-hybridized carbons (Fsp3) is 0.125. The van der Waals surface area contributed by atoms with Gasteiger partial charge in [-0.25, -0.2) is 0 Å². The van der Waals surface area contributed by atoms with Crippen molar-refractivity contribution in [1.82, 2.24) is 0 Å². The van der Waals surface area contributed by atoms with Crippen molar-refractivity contribution in [3.05, 3.63) is 22.7 Å². The molecule has 0 unspecified atom stereocenters. The van der Waals surface area contributed by atoms with Crippen molar-refractivity contribution in [2.75, 3.05) is 5.73 Å². The highest BCUT2D eigenvalue weighted by molar-refractivity contribution is 6.34. The number of phenolic OH excluding ortho intramolecular Hbond substituents is 1. The number of hydrogen-bond acceptors (Lipinski definition) is 3. The second kappa shape index (κ2) is 3.03. The van der Waals surface area contributed by atoms with Gasteiger partial charge in [0.2, 0.25) is 0 Å². The fourth-order valence-corrected chi connectivity index (χ4v) is 1.20. The fourth-order valence-electron chi connectivity index (χ4n) is 0.918. The number of carbonyl (C=O) groups is 1. The molecule has 0 bridgehead atoms. The second-order valence-corrected chi connectivity index (χ2v) is 2.82. The van der Waals surface area contributed by atoms with Gasteiger partial charge in [-0.05, 0) is 19.1 Å². The maximum atomic E-state index is 10.9. The highest BCUT2D eigenvalue weighted by Crippen LogP contribution is 2.31. The van der Waals surface area contributed by atoms with Gasteiger partial charge < -0.3 is 10.8 Å². The van der Waals surface area contributed by atoms with Crippen LogP contribution in [0.2, 0.25) is 5.02 Å². The zero-order valence-electron chi connectivity index (χ0n) is 6.47. The van der Waals surface area contributed by atoms with E-state index in [1.54, 1.807) is 0 Å². The van der Waals surface area contributed by atoms with Crippen molar-refractivity contribution in [3.8, 4) is 5.75 Å². The first kappa shape index (κ1) is 8.87. The number of nitrogen functional groups attached to an aromatic ring is 1. The molecule has 0 fully saturated rings. The Morgan fingerprint density at radius 1 is 1.58 bits per heavy atom. The predicted molar refractivity (Wildman–Crippen MR) is 47.5 cm³/mol. The van der Waals surface area contributed by atoms with Crippen LogP contribution in [0.5, 0.6) is 5.75 Å². The first-order valence-electron chi connectivity index (χ1n) is 3.32. The summed E-state index contributed by atoms with van der Waals surface area (Å²) in [4.78, 5) is 10.9. The van der Waals surface area contributed by atoms with E-state index in [2.05, 4.69) is 0 Å². The summed E-state index contributed by atoms with van der Waals surface area (Å²) in [6.45, 7) is 1.32. The van der Waals surface area contributed by atoms with Crippen LogP contribution in [-0.4, -0.2) is 10.9 Å². The number of benzene rings is 1. The Bertz CT molecular complexity index is 336. The molecule has 0 aliphatic heterocycles. The Morgan fingerprint density at radius 2 is 2.17 bits per heavy atom. The van der Waals surface area contributed by atoms with Crippen LogP contribution in [0.4, 0.5) is 5.69 Å². The normalized spacial score (nSPS) is 9.83. The molecule has 3 N–H and O–H groups in total. The molecule has 0 spiro atoms. The summed E-state index contributed by atoms with van der Waals surface area (Å²) in [5.41, 5.74) is 5.60. The lowest BCUT2D eigenvalue weighted by atomic mass is 10.1. The Balaban J connectivity index is 3.43. The molecule has 0 atom stereocenters. The zero-order valence-corrected chi connectivity index (χ0v) is 7.22. The topological polar surface area (TPSA) is 63.3 Å². The van der Waals surface area contributed by atoms with E-state index in [-0.39, 0.29) is 27.8 Å². The van der Waals surface area contributed by atoms with Crippen LogP contribution in [-0.2, 0) is 0 Å². The molecule has 3 nitrogen and oxygen atoms in total. The highest BCUT2D eigenvalue weighted by Gasteiger charge is 2.13. The van der Waals surface area contributed by atoms with Gasteiger partial charge in [-0.1, -0.05) is 11.6 Å². The highest BCUT2D eigenvalue weighted by atomic mass is 35.5. The first-order chi connectivity index (χ1) is 5.54. The van der Waals surface area contributed by atoms with Crippen molar-refractivity contribution < 1.29 is 9.90 Å². The number of aromatic hydroxyl groups is 1. The lowest BCUT2D eigenvalue weighted by Gasteiger charge is -2.04. The summed E-state index contributed by atoms with van der Waals surface area (Å²) < 4.78 is 0. The third kappa shape index (κ3) is 1.36. The Morgan fingerprint density at radius 3 is 2.58 bits per heavy atom. The minimum atomic E-state index is -0.301. The average molecular weight is 186 g/mol. The quantitative estimate of drug-likeness (QED) is 0.399. The first-order valence-corrected chi connectivity index (χ1v) is 3.69. The third-order valence-electron chi connectivity index (χ3n) is 1.51. The van der Waals surface area contributed by atoms with E-state index in [0.717, 1.165) is 0 Å². The molecule has 0 heterocycles. The van der Waals surface area contributed by atoms with E-state index in [9.17, 15) is 9.90 Å². The summed E-state index contributed by atoms with van der Waals surface area (Å²) in [7, 11) is 0. The van der Waals surface area contributed by atoms with Crippen LogP contribution >= 0.6 is 11.6 Å². The van der Waals surface area contributed by atoms with E-state index >= 15 is 0 Å². The molecular weight excluding hydrogens is 178 g/mol. The van der Waals surface area contributed by atoms with Gasteiger partial charge in [0, 0.05) is 0 Å². The molecule has 0 radical (unpaired) electrons. The number of carbonyl (C=O) groups excluding carboxylic acids is 1. The number of anilines is 1. The minimum absolute atomic E-state index is 0.0802. The number of Topliss-reactive ketones (excluding diaryl/α,β-unsaturated/α-hetero) is 1. The average Bonchev–Trinajstić information content (AvgIpc) is 1.97. The molecule has 0 saturated heterocycles. The number of ketones is 1. The van der Waals surface area contributed by atoms with Gasteiger partial charge in [0.25, 0.3) is 0 Å². The van der Waals surface area contributed by atoms with Crippen molar-refractivity contribution in [2.45, 2.75) is 6.92 Å². The van der Waals surface area contributed by atoms with Crippen molar-refractivity contribution in [3.63, 3.8) is 0 Å². The van der Waals surface area contributed by atoms with Crippen molar-refractivity contribution in [1.29, 1.82) is 0 Å². The number of phenols is 1. The SMILES string of the molecule is CC(=O)c1c(Cl)ccc(N)c1O. The standard InChI is InChI=1S/C8H8ClNO2/c1-4(11)7-5(9)2-3-6(10)8(7)12/h2-3,12H,10H2,1H3. The van der Waals surface area contributed by atoms with Gasteiger partial charge in [-0.15, -0.1) is 0 Å². The van der Waals surface area contributed by atoms with Crippen LogP contribution in [0.1, 0.15) is 17.3 Å². The molecule has 0 saturated carbocycles. The molecule has 0 aliphatic carbocycles. The molecule has 64 valence electrons. The van der Waals surface area contributed by atoms with Crippen LogP contribution in [0.15, 0.2) is 12.1 Å². The number of hydrogen-bond donors (Lipinski definition) is 2. The molecule has 4 heteroatoms. The van der Waals surface area contributed by atoms with Gasteiger partial charge in [0.1, 0.15) is 0 Å². The Hall–Kier alpha value is -1.22. The van der Waals surface area contributed by atoms with E-state index in [1.807, 2.05) is 0 Å². The van der Waals surface area contributed by atoms with Gasteiger partial charge in [-0.2, -0.15) is 0 Å². The predicted octanol–water partition coefficient (Wildman–Crippen LogP) is 1.83. The zero-order chi connectivity index (χ0) is 9.30. The summed E-state index contributed by atoms with van der Waals surface area (Å²) in [5.74, 6) is -0.542. The molecule has 1 aromatic carbocycles. The summed E-state index contributed by atoms with van der Waals surface area (Å²) in [6, 6.07) is 2.93.